The molecule has 3 amide bonds. The first kappa shape index (κ1) is 15.9. The molecule has 1 fully saturated rings. The van der Waals surface area contributed by atoms with E-state index >= 15 is 0 Å². The van der Waals surface area contributed by atoms with Crippen LogP contribution < -0.4 is 5.43 Å². The normalized spacial score (nSPS) is 33.5. The van der Waals surface area contributed by atoms with Crippen molar-refractivity contribution in [3.63, 3.8) is 0 Å². The lowest BCUT2D eigenvalue weighted by atomic mass is 9.56. The Balaban J connectivity index is 2.01. The van der Waals surface area contributed by atoms with E-state index in [2.05, 4.69) is 5.43 Å². The maximum Gasteiger partial charge on any atom is 0.285 e. The fourth-order valence-corrected chi connectivity index (χ4v) is 4.25. The van der Waals surface area contributed by atoms with Crippen molar-refractivity contribution in [3.8, 4) is 0 Å². The highest BCUT2D eigenvalue weighted by molar-refractivity contribution is 6.19. The van der Waals surface area contributed by atoms with E-state index in [9.17, 15) is 19.5 Å². The molecular formula is C17H17N3O5. The molecular weight excluding hydrogens is 326 g/mol. The number of carbonyl (C=O) groups excluding carboxylic acids is 3. The second-order valence-corrected chi connectivity index (χ2v) is 6.44. The van der Waals surface area contributed by atoms with Gasteiger partial charge >= 0.3 is 0 Å². The van der Waals surface area contributed by atoms with Crippen LogP contribution in [0, 0.1) is 11.3 Å². The van der Waals surface area contributed by atoms with Crippen LogP contribution >= 0.6 is 0 Å². The number of nitrogens with zero attached hydrogens (tertiary/aromatic N) is 2. The largest absolute Gasteiger partial charge is 0.371 e. The van der Waals surface area contributed by atoms with Crippen LogP contribution in [0.5, 0.6) is 0 Å². The van der Waals surface area contributed by atoms with Crippen LogP contribution in [0.15, 0.2) is 46.6 Å². The predicted molar refractivity (Wildman–Crippen MR) is 84.7 cm³/mol. The average Bonchev–Trinajstić information content (AvgIpc) is 2.58. The smallest absolute Gasteiger partial charge is 0.285 e. The molecule has 3 unspecified atom stereocenters. The summed E-state index contributed by atoms with van der Waals surface area (Å²) >= 11 is 0. The molecule has 0 saturated carbocycles. The van der Waals surface area contributed by atoms with Gasteiger partial charge in [-0.25, -0.2) is 10.4 Å². The van der Waals surface area contributed by atoms with Gasteiger partial charge in [0.15, 0.2) is 6.23 Å². The summed E-state index contributed by atoms with van der Waals surface area (Å²) in [6, 6.07) is 0. The predicted octanol–water partition coefficient (Wildman–Crippen LogP) is -0.433. The van der Waals surface area contributed by atoms with Crippen LogP contribution in [0.1, 0.15) is 6.92 Å². The van der Waals surface area contributed by atoms with Gasteiger partial charge in [0.1, 0.15) is 0 Å². The summed E-state index contributed by atoms with van der Waals surface area (Å²) in [6.45, 7) is 1.78. The molecule has 8 heteroatoms. The zero-order chi connectivity index (χ0) is 18.1. The van der Waals surface area contributed by atoms with Gasteiger partial charge in [0.2, 0.25) is 0 Å². The first-order valence-corrected chi connectivity index (χ1v) is 7.85. The van der Waals surface area contributed by atoms with Crippen molar-refractivity contribution in [2.45, 2.75) is 13.2 Å². The number of piperidine rings is 1. The highest BCUT2D eigenvalue weighted by Crippen LogP contribution is 2.57. The molecule has 0 aromatic rings. The number of amides is 3. The minimum Gasteiger partial charge on any atom is -0.371 e. The summed E-state index contributed by atoms with van der Waals surface area (Å²) < 4.78 is 0. The molecule has 0 spiro atoms. The number of aliphatic hydroxyl groups is 1. The number of nitrogens with one attached hydrogen (secondary N) is 1. The molecule has 4 rings (SSSR count). The highest BCUT2D eigenvalue weighted by Gasteiger charge is 2.59. The molecule has 130 valence electrons. The Labute approximate surface area is 143 Å². The van der Waals surface area contributed by atoms with Gasteiger partial charge in [-0.1, -0.05) is 25.2 Å². The number of aliphatic hydroxyl groups excluding tert-OH is 1. The van der Waals surface area contributed by atoms with Gasteiger partial charge in [0.05, 0.1) is 7.11 Å². The first-order chi connectivity index (χ1) is 11.9. The van der Waals surface area contributed by atoms with E-state index in [4.69, 9.17) is 4.84 Å². The molecule has 2 heterocycles. The zero-order valence-electron chi connectivity index (χ0n) is 13.9. The Bertz CT molecular complexity index is 852. The van der Waals surface area contributed by atoms with Gasteiger partial charge in [0.25, 0.3) is 17.7 Å². The first-order valence-electron chi connectivity index (χ1n) is 7.85. The van der Waals surface area contributed by atoms with Crippen LogP contribution in [-0.4, -0.2) is 53.3 Å². The number of allylic oxidation sites excluding steroid dienone is 2. The Hall–Kier alpha value is -2.55. The summed E-state index contributed by atoms with van der Waals surface area (Å²) in [5.74, 6) is -2.04. The monoisotopic (exact) mass is 343 g/mol. The molecule has 2 aliphatic heterocycles. The standard InChI is InChI=1S/C17H17N3O5/c1-17-10-6-4-8-12(17)9(14(22)20(25-3)13(8)21)5-7-11(17)16(24)19(18-2)15(10)23/h4-7,10,15,18,23H,1-3H3. The van der Waals surface area contributed by atoms with E-state index in [1.807, 2.05) is 0 Å². The third-order valence-electron chi connectivity index (χ3n) is 5.46. The van der Waals surface area contributed by atoms with Crippen molar-refractivity contribution in [1.29, 1.82) is 0 Å². The van der Waals surface area contributed by atoms with Crippen LogP contribution in [0.2, 0.25) is 0 Å². The lowest BCUT2D eigenvalue weighted by Gasteiger charge is -2.53. The summed E-state index contributed by atoms with van der Waals surface area (Å²) in [4.78, 5) is 43.0. The molecule has 0 radical (unpaired) electrons. The molecule has 8 nitrogen and oxygen atoms in total. The van der Waals surface area contributed by atoms with Crippen molar-refractivity contribution < 1.29 is 24.3 Å². The minimum absolute atomic E-state index is 0.301. The number of carbonyl (C=O) groups is 3. The van der Waals surface area contributed by atoms with Crippen LogP contribution in [0.4, 0.5) is 0 Å². The Morgan fingerprint density at radius 3 is 2.56 bits per heavy atom. The second kappa shape index (κ2) is 4.98. The van der Waals surface area contributed by atoms with Gasteiger partial charge in [-0.2, -0.15) is 0 Å². The molecule has 0 aromatic heterocycles. The number of hydrogen-bond donors (Lipinski definition) is 2. The number of hydroxylamine groups is 2. The van der Waals surface area contributed by atoms with E-state index in [0.29, 0.717) is 27.4 Å². The lowest BCUT2D eigenvalue weighted by Crippen LogP contribution is -2.63. The number of rotatable bonds is 2. The quantitative estimate of drug-likeness (QED) is 0.660. The fourth-order valence-electron chi connectivity index (χ4n) is 4.25. The van der Waals surface area contributed by atoms with E-state index in [1.165, 1.54) is 13.2 Å². The van der Waals surface area contributed by atoms with Crippen molar-refractivity contribution in [2.75, 3.05) is 14.2 Å². The van der Waals surface area contributed by atoms with Gasteiger partial charge < -0.3 is 5.11 Å². The highest BCUT2D eigenvalue weighted by atomic mass is 16.7. The molecule has 3 atom stereocenters. The number of imide groups is 1. The molecule has 25 heavy (non-hydrogen) atoms. The van der Waals surface area contributed by atoms with Crippen molar-refractivity contribution in [3.05, 3.63) is 46.6 Å². The fraction of sp³-hybridized carbons (Fsp3) is 0.353. The molecule has 0 bridgehead atoms. The minimum atomic E-state index is -1.13. The molecule has 0 aromatic carbocycles. The average molecular weight is 343 g/mol. The van der Waals surface area contributed by atoms with Crippen LogP contribution in [0.25, 0.3) is 0 Å². The van der Waals surface area contributed by atoms with Crippen molar-refractivity contribution in [2.24, 2.45) is 11.3 Å². The maximum absolute atomic E-state index is 12.8. The van der Waals surface area contributed by atoms with Crippen molar-refractivity contribution in [1.82, 2.24) is 15.5 Å². The van der Waals surface area contributed by atoms with Gasteiger partial charge in [-0.15, -0.1) is 5.06 Å². The summed E-state index contributed by atoms with van der Waals surface area (Å²) in [6.07, 6.45) is 5.29. The molecule has 2 aliphatic carbocycles. The van der Waals surface area contributed by atoms with Gasteiger partial charge in [0, 0.05) is 35.1 Å². The molecule has 4 aliphatic rings. The lowest BCUT2D eigenvalue weighted by molar-refractivity contribution is -0.183. The third-order valence-corrected chi connectivity index (χ3v) is 5.46. The Morgan fingerprint density at radius 1 is 1.20 bits per heavy atom. The number of hydrazine groups is 1. The topological polar surface area (TPSA) is 99.2 Å². The van der Waals surface area contributed by atoms with Gasteiger partial charge in [-0.3, -0.25) is 19.2 Å². The van der Waals surface area contributed by atoms with Crippen molar-refractivity contribution >= 4 is 17.7 Å². The number of hydrogen-bond acceptors (Lipinski definition) is 6. The summed E-state index contributed by atoms with van der Waals surface area (Å²) in [5, 5.41) is 12.5. The Morgan fingerprint density at radius 2 is 1.92 bits per heavy atom. The van der Waals surface area contributed by atoms with E-state index in [0.717, 1.165) is 5.01 Å². The Kier molecular flexibility index (Phi) is 3.18. The molecule has 1 saturated heterocycles. The zero-order valence-corrected chi connectivity index (χ0v) is 13.9. The third kappa shape index (κ3) is 1.68. The maximum atomic E-state index is 12.8. The van der Waals surface area contributed by atoms with Gasteiger partial charge in [-0.05, 0) is 11.6 Å². The summed E-state index contributed by atoms with van der Waals surface area (Å²) in [7, 11) is 2.80. The van der Waals surface area contributed by atoms with E-state index in [-0.39, 0.29) is 5.91 Å². The van der Waals surface area contributed by atoms with E-state index in [1.54, 1.807) is 32.2 Å². The second-order valence-electron chi connectivity index (χ2n) is 6.44. The van der Waals surface area contributed by atoms with E-state index < -0.39 is 29.4 Å². The van der Waals surface area contributed by atoms with Crippen LogP contribution in [-0.2, 0) is 19.2 Å². The summed E-state index contributed by atoms with van der Waals surface area (Å²) in [5.41, 5.74) is 3.23. The molecule has 2 N–H and O–H groups in total. The SMILES string of the molecule is CNN1C(=O)C2=CC=C3C(=O)N(OC)C(=O)C4=C3C2(C)C(C=C4)C1O. The van der Waals surface area contributed by atoms with Crippen LogP contribution in [0.3, 0.4) is 0 Å².